The maximum atomic E-state index is 4.32. The van der Waals surface area contributed by atoms with Crippen molar-refractivity contribution in [3.8, 4) is 0 Å². The van der Waals surface area contributed by atoms with Gasteiger partial charge < -0.3 is 0 Å². The second kappa shape index (κ2) is 6.14. The van der Waals surface area contributed by atoms with Crippen LogP contribution in [0.3, 0.4) is 0 Å². The fraction of sp³-hybridized carbons (Fsp3) is 0.308. The summed E-state index contributed by atoms with van der Waals surface area (Å²) in [5.74, 6) is 0. The van der Waals surface area contributed by atoms with Gasteiger partial charge in [-0.2, -0.15) is 0 Å². The first kappa shape index (κ1) is 12.6. The van der Waals surface area contributed by atoms with E-state index in [0.717, 1.165) is 16.8 Å². The minimum Gasteiger partial charge on any atom is -0.257 e. The Bertz CT molecular complexity index is 284. The molecule has 0 atom stereocenters. The summed E-state index contributed by atoms with van der Waals surface area (Å²) in [6, 6.07) is 0. The van der Waals surface area contributed by atoms with E-state index >= 15 is 0 Å². The lowest BCUT2D eigenvalue weighted by Gasteiger charge is -1.97. The first-order valence-electron chi connectivity index (χ1n) is 4.64. The summed E-state index contributed by atoms with van der Waals surface area (Å²) in [6.45, 7) is 15.5. The molecule has 0 aromatic heterocycles. The molecule has 0 N–H and O–H groups in total. The van der Waals surface area contributed by atoms with E-state index in [4.69, 9.17) is 0 Å². The summed E-state index contributed by atoms with van der Waals surface area (Å²) >= 11 is 0. The predicted octanol–water partition coefficient (Wildman–Crippen LogP) is 4.06. The fourth-order valence-electron chi connectivity index (χ4n) is 0.740. The van der Waals surface area contributed by atoms with Gasteiger partial charge in [0.2, 0.25) is 0 Å². The quantitative estimate of drug-likeness (QED) is 0.467. The van der Waals surface area contributed by atoms with Crippen molar-refractivity contribution in [3.63, 3.8) is 0 Å². The molecule has 0 heterocycles. The van der Waals surface area contributed by atoms with Gasteiger partial charge in [0, 0.05) is 6.21 Å². The Morgan fingerprint density at radius 2 is 1.50 bits per heavy atom. The molecule has 0 amide bonds. The van der Waals surface area contributed by atoms with Crippen molar-refractivity contribution < 1.29 is 0 Å². The van der Waals surface area contributed by atoms with Gasteiger partial charge >= 0.3 is 0 Å². The second-order valence-electron chi connectivity index (χ2n) is 3.67. The molecule has 76 valence electrons. The number of aliphatic imine (C=N–C) groups is 1. The highest BCUT2D eigenvalue weighted by Crippen LogP contribution is 2.08. The van der Waals surface area contributed by atoms with Gasteiger partial charge in [0.15, 0.2) is 0 Å². The van der Waals surface area contributed by atoms with Crippen LogP contribution in [0.4, 0.5) is 0 Å². The molecule has 0 radical (unpaired) electrons. The Labute approximate surface area is 87.3 Å². The van der Waals surface area contributed by atoms with E-state index in [-0.39, 0.29) is 0 Å². The highest BCUT2D eigenvalue weighted by atomic mass is 14.7. The van der Waals surface area contributed by atoms with Crippen molar-refractivity contribution in [1.82, 2.24) is 0 Å². The van der Waals surface area contributed by atoms with Gasteiger partial charge in [0.25, 0.3) is 0 Å². The third kappa shape index (κ3) is 6.18. The zero-order valence-corrected chi connectivity index (χ0v) is 9.59. The summed E-state index contributed by atoms with van der Waals surface area (Å²) < 4.78 is 0. The molecule has 0 spiro atoms. The zero-order valence-electron chi connectivity index (χ0n) is 9.59. The highest BCUT2D eigenvalue weighted by Gasteiger charge is 1.90. The van der Waals surface area contributed by atoms with Crippen molar-refractivity contribution in [1.29, 1.82) is 0 Å². The summed E-state index contributed by atoms with van der Waals surface area (Å²) in [6.07, 6.45) is 5.69. The molecule has 0 aliphatic carbocycles. The average molecular weight is 189 g/mol. The average Bonchev–Trinajstić information content (AvgIpc) is 2.02. The van der Waals surface area contributed by atoms with Gasteiger partial charge in [-0.1, -0.05) is 30.4 Å². The summed E-state index contributed by atoms with van der Waals surface area (Å²) in [5, 5.41) is 0. The summed E-state index contributed by atoms with van der Waals surface area (Å²) in [7, 11) is 0. The lowest BCUT2D eigenvalue weighted by Crippen LogP contribution is -1.81. The van der Waals surface area contributed by atoms with Crippen molar-refractivity contribution in [2.45, 2.75) is 27.7 Å². The van der Waals surface area contributed by atoms with Crippen molar-refractivity contribution in [2.24, 2.45) is 4.99 Å². The van der Waals surface area contributed by atoms with Crippen LogP contribution in [0, 0.1) is 0 Å². The first-order valence-corrected chi connectivity index (χ1v) is 4.64. The molecule has 1 heteroatoms. The fourth-order valence-corrected chi connectivity index (χ4v) is 0.740. The van der Waals surface area contributed by atoms with Crippen LogP contribution in [0.2, 0.25) is 0 Å². The molecule has 14 heavy (non-hydrogen) atoms. The van der Waals surface area contributed by atoms with Gasteiger partial charge in [-0.05, 0) is 39.3 Å². The van der Waals surface area contributed by atoms with Crippen LogP contribution in [-0.4, -0.2) is 6.21 Å². The van der Waals surface area contributed by atoms with Gasteiger partial charge in [-0.25, -0.2) is 0 Å². The standard InChI is InChI=1S/C13H19N/c1-10(2)7-8-13(12(5)6)14-9-11(3)4/h7-9H,1,3H2,2,4-6H3/b8-7-,14-9?. The molecule has 0 aromatic rings. The Hall–Kier alpha value is -1.37. The zero-order chi connectivity index (χ0) is 11.1. The normalized spacial score (nSPS) is 10.9. The van der Waals surface area contributed by atoms with Gasteiger partial charge in [-0.15, -0.1) is 0 Å². The lowest BCUT2D eigenvalue weighted by atomic mass is 10.2. The predicted molar refractivity (Wildman–Crippen MR) is 65.6 cm³/mol. The van der Waals surface area contributed by atoms with Crippen LogP contribution in [0.5, 0.6) is 0 Å². The maximum absolute atomic E-state index is 4.32. The van der Waals surface area contributed by atoms with Gasteiger partial charge in [-0.3, -0.25) is 4.99 Å². The largest absolute Gasteiger partial charge is 0.257 e. The second-order valence-corrected chi connectivity index (χ2v) is 3.67. The molecule has 0 aliphatic heterocycles. The van der Waals surface area contributed by atoms with Crippen LogP contribution in [0.15, 0.2) is 52.7 Å². The third-order valence-electron chi connectivity index (χ3n) is 1.46. The molecule has 1 nitrogen and oxygen atoms in total. The van der Waals surface area contributed by atoms with E-state index in [9.17, 15) is 0 Å². The Morgan fingerprint density at radius 3 is 1.86 bits per heavy atom. The molecule has 0 saturated carbocycles. The third-order valence-corrected chi connectivity index (χ3v) is 1.46. The minimum atomic E-state index is 0.951. The van der Waals surface area contributed by atoms with Crippen LogP contribution < -0.4 is 0 Å². The molecule has 0 aromatic carbocycles. The van der Waals surface area contributed by atoms with E-state index in [2.05, 4.69) is 18.2 Å². The van der Waals surface area contributed by atoms with Crippen LogP contribution in [0.25, 0.3) is 0 Å². The van der Waals surface area contributed by atoms with E-state index in [0.29, 0.717) is 0 Å². The van der Waals surface area contributed by atoms with Gasteiger partial charge in [0.05, 0.1) is 5.70 Å². The van der Waals surface area contributed by atoms with Crippen molar-refractivity contribution >= 4 is 6.21 Å². The first-order chi connectivity index (χ1) is 6.43. The number of nitrogens with zero attached hydrogens (tertiary/aromatic N) is 1. The van der Waals surface area contributed by atoms with E-state index in [1.165, 1.54) is 5.57 Å². The topological polar surface area (TPSA) is 12.4 Å². The van der Waals surface area contributed by atoms with E-state index in [1.807, 2.05) is 39.8 Å². The SMILES string of the molecule is C=C(C)C=NC(/C=C\C(=C)C)=C(C)C. The molecule has 0 bridgehead atoms. The summed E-state index contributed by atoms with van der Waals surface area (Å²) in [5.41, 5.74) is 4.12. The van der Waals surface area contributed by atoms with Crippen molar-refractivity contribution in [2.75, 3.05) is 0 Å². The lowest BCUT2D eigenvalue weighted by molar-refractivity contribution is 1.25. The van der Waals surface area contributed by atoms with Crippen LogP contribution in [0.1, 0.15) is 27.7 Å². The Kier molecular flexibility index (Phi) is 5.54. The molecule has 0 unspecified atom stereocenters. The number of rotatable bonds is 4. The summed E-state index contributed by atoms with van der Waals surface area (Å²) in [4.78, 5) is 4.32. The molecular formula is C13H19N. The van der Waals surface area contributed by atoms with Crippen LogP contribution in [-0.2, 0) is 0 Å². The smallest absolute Gasteiger partial charge is 0.0616 e. The molecule has 0 saturated heterocycles. The van der Waals surface area contributed by atoms with Crippen molar-refractivity contribution in [3.05, 3.63) is 47.7 Å². The van der Waals surface area contributed by atoms with E-state index < -0.39 is 0 Å². The Balaban J connectivity index is 4.74. The molecule has 0 rings (SSSR count). The highest BCUT2D eigenvalue weighted by molar-refractivity contribution is 5.77. The Morgan fingerprint density at radius 1 is 0.929 bits per heavy atom. The molecule has 0 aliphatic rings. The monoisotopic (exact) mass is 189 g/mol. The number of allylic oxidation sites excluding steroid dienone is 5. The van der Waals surface area contributed by atoms with Crippen LogP contribution >= 0.6 is 0 Å². The van der Waals surface area contributed by atoms with E-state index in [1.54, 1.807) is 6.21 Å². The minimum absolute atomic E-state index is 0.951. The number of hydrogen-bond acceptors (Lipinski definition) is 1. The molecular weight excluding hydrogens is 170 g/mol. The molecule has 0 fully saturated rings. The van der Waals surface area contributed by atoms with Gasteiger partial charge in [0.1, 0.15) is 0 Å². The number of hydrogen-bond donors (Lipinski definition) is 0. The maximum Gasteiger partial charge on any atom is 0.0616 e.